The minimum atomic E-state index is 0.364. The van der Waals surface area contributed by atoms with E-state index in [1.165, 1.54) is 0 Å². The first-order chi connectivity index (χ1) is 7.29. The molecule has 0 bridgehead atoms. The van der Waals surface area contributed by atoms with Gasteiger partial charge in [0, 0.05) is 39.4 Å². The number of hydrogen-bond acceptors (Lipinski definition) is 4. The molecule has 2 atom stereocenters. The van der Waals surface area contributed by atoms with Crippen LogP contribution in [0.15, 0.2) is 12.3 Å². The molecule has 1 aliphatic rings. The molecule has 1 aromatic heterocycles. The Bertz CT molecular complexity index is 312. The third-order valence-electron chi connectivity index (χ3n) is 2.87. The van der Waals surface area contributed by atoms with E-state index in [9.17, 15) is 0 Å². The molecule has 2 rings (SSSR count). The number of hydrogen-bond donors (Lipinski definition) is 2. The topological polar surface area (TPSA) is 51.1 Å². The molecule has 0 aromatic carbocycles. The summed E-state index contributed by atoms with van der Waals surface area (Å²) < 4.78 is 7.13. The van der Waals surface area contributed by atoms with Crippen molar-refractivity contribution in [3.63, 3.8) is 0 Å². The number of rotatable bonds is 4. The largest absolute Gasteiger partial charge is 0.380 e. The van der Waals surface area contributed by atoms with Crippen molar-refractivity contribution in [3.8, 4) is 0 Å². The van der Waals surface area contributed by atoms with Gasteiger partial charge in [-0.05, 0) is 6.42 Å². The molecule has 2 unspecified atom stereocenters. The van der Waals surface area contributed by atoms with Crippen molar-refractivity contribution in [3.05, 3.63) is 12.3 Å². The molecule has 15 heavy (non-hydrogen) atoms. The second-order valence-electron chi connectivity index (χ2n) is 3.92. The second kappa shape index (κ2) is 4.63. The lowest BCUT2D eigenvalue weighted by Crippen LogP contribution is -2.29. The lowest BCUT2D eigenvalue weighted by molar-refractivity contribution is 0.117. The molecular formula is C10H18N4O. The highest BCUT2D eigenvalue weighted by Gasteiger charge is 2.23. The molecule has 5 heteroatoms. The quantitative estimate of drug-likeness (QED) is 0.746. The second-order valence-corrected chi connectivity index (χ2v) is 3.92. The first kappa shape index (κ1) is 10.4. The normalized spacial score (nSPS) is 25.7. The van der Waals surface area contributed by atoms with E-state index in [4.69, 9.17) is 4.74 Å². The summed E-state index contributed by atoms with van der Waals surface area (Å²) in [5.74, 6) is 1.05. The van der Waals surface area contributed by atoms with Crippen LogP contribution in [-0.2, 0) is 11.8 Å². The van der Waals surface area contributed by atoms with Crippen LogP contribution in [0.1, 0.15) is 6.42 Å². The van der Waals surface area contributed by atoms with Gasteiger partial charge in [0.25, 0.3) is 0 Å². The molecule has 1 aromatic rings. The van der Waals surface area contributed by atoms with E-state index in [2.05, 4.69) is 15.7 Å². The number of aromatic nitrogens is 2. The predicted octanol–water partition coefficient (Wildman–Crippen LogP) is 0.209. The number of anilines is 1. The summed E-state index contributed by atoms with van der Waals surface area (Å²) >= 11 is 0. The molecule has 5 nitrogen and oxygen atoms in total. The molecule has 2 heterocycles. The molecule has 2 N–H and O–H groups in total. The van der Waals surface area contributed by atoms with Crippen LogP contribution in [0.3, 0.4) is 0 Å². The summed E-state index contributed by atoms with van der Waals surface area (Å²) in [5, 5.41) is 10.9. The minimum Gasteiger partial charge on any atom is -0.380 e. The first-order valence-electron chi connectivity index (χ1n) is 5.27. The Morgan fingerprint density at radius 2 is 2.60 bits per heavy atom. The molecule has 1 saturated heterocycles. The maximum atomic E-state index is 5.29. The van der Waals surface area contributed by atoms with Crippen LogP contribution in [0.2, 0.25) is 0 Å². The van der Waals surface area contributed by atoms with Crippen molar-refractivity contribution in [2.24, 2.45) is 7.05 Å². The zero-order chi connectivity index (χ0) is 10.7. The highest BCUT2D eigenvalue weighted by atomic mass is 16.5. The van der Waals surface area contributed by atoms with E-state index in [0.29, 0.717) is 12.1 Å². The molecule has 0 amide bonds. The fraction of sp³-hybridized carbons (Fsp3) is 0.700. The predicted molar refractivity (Wildman–Crippen MR) is 58.9 cm³/mol. The van der Waals surface area contributed by atoms with Gasteiger partial charge in [-0.15, -0.1) is 0 Å². The van der Waals surface area contributed by atoms with Crippen molar-refractivity contribution in [1.29, 1.82) is 0 Å². The Kier molecular flexibility index (Phi) is 3.23. The molecular weight excluding hydrogens is 192 g/mol. The van der Waals surface area contributed by atoms with Gasteiger partial charge >= 0.3 is 0 Å². The minimum absolute atomic E-state index is 0.364. The van der Waals surface area contributed by atoms with Crippen LogP contribution >= 0.6 is 0 Å². The molecule has 0 radical (unpaired) electrons. The first-order valence-corrected chi connectivity index (χ1v) is 5.27. The highest BCUT2D eigenvalue weighted by Crippen LogP contribution is 2.11. The van der Waals surface area contributed by atoms with Crippen molar-refractivity contribution in [1.82, 2.24) is 15.1 Å². The maximum absolute atomic E-state index is 5.29. The molecule has 0 saturated carbocycles. The van der Waals surface area contributed by atoms with E-state index in [1.807, 2.05) is 17.8 Å². The Morgan fingerprint density at radius 1 is 1.73 bits per heavy atom. The summed E-state index contributed by atoms with van der Waals surface area (Å²) in [7, 11) is 3.70. The van der Waals surface area contributed by atoms with Crippen LogP contribution in [0.4, 0.5) is 5.82 Å². The van der Waals surface area contributed by atoms with Crippen LogP contribution in [0.5, 0.6) is 0 Å². The lowest BCUT2D eigenvalue weighted by atomic mass is 10.2. The lowest BCUT2D eigenvalue weighted by Gasteiger charge is -2.12. The number of nitrogens with one attached hydrogen (secondary N) is 2. The van der Waals surface area contributed by atoms with Crippen molar-refractivity contribution < 1.29 is 4.74 Å². The van der Waals surface area contributed by atoms with Gasteiger partial charge in [-0.25, -0.2) is 0 Å². The van der Waals surface area contributed by atoms with Gasteiger partial charge in [-0.3, -0.25) is 4.68 Å². The summed E-state index contributed by atoms with van der Waals surface area (Å²) in [6, 6.07) is 2.47. The van der Waals surface area contributed by atoms with Gasteiger partial charge in [0.05, 0.1) is 12.3 Å². The molecule has 1 aliphatic heterocycles. The van der Waals surface area contributed by atoms with Crippen LogP contribution in [0.25, 0.3) is 0 Å². The third kappa shape index (κ3) is 2.49. The van der Waals surface area contributed by atoms with Gasteiger partial charge in [-0.2, -0.15) is 5.10 Å². The summed E-state index contributed by atoms with van der Waals surface area (Å²) in [4.78, 5) is 0. The Labute approximate surface area is 89.8 Å². The number of methoxy groups -OCH3 is 1. The maximum Gasteiger partial charge on any atom is 0.123 e. The number of aryl methyl sites for hydroxylation is 1. The van der Waals surface area contributed by atoms with Crippen molar-refractivity contribution in [2.45, 2.75) is 18.6 Å². The van der Waals surface area contributed by atoms with E-state index in [0.717, 1.165) is 25.3 Å². The van der Waals surface area contributed by atoms with Crippen molar-refractivity contribution >= 4 is 5.82 Å². The van der Waals surface area contributed by atoms with E-state index < -0.39 is 0 Å². The van der Waals surface area contributed by atoms with Gasteiger partial charge in [-0.1, -0.05) is 0 Å². The zero-order valence-corrected chi connectivity index (χ0v) is 9.23. The standard InChI is InChI=1S/C10H18N4O/c1-14-10(3-4-13-14)12-6-8-5-9(15-2)7-11-8/h3-4,8-9,11-12H,5-7H2,1-2H3. The van der Waals surface area contributed by atoms with E-state index >= 15 is 0 Å². The summed E-state index contributed by atoms with van der Waals surface area (Å²) in [6.45, 7) is 1.87. The van der Waals surface area contributed by atoms with Crippen LogP contribution < -0.4 is 10.6 Å². The van der Waals surface area contributed by atoms with Crippen molar-refractivity contribution in [2.75, 3.05) is 25.5 Å². The molecule has 84 valence electrons. The molecule has 1 fully saturated rings. The Hall–Kier alpha value is -1.07. The molecule has 0 aliphatic carbocycles. The smallest absolute Gasteiger partial charge is 0.123 e. The fourth-order valence-electron chi connectivity index (χ4n) is 1.89. The SMILES string of the molecule is COC1CNC(CNc2ccnn2C)C1. The highest BCUT2D eigenvalue weighted by molar-refractivity contribution is 5.33. The Balaban J connectivity index is 1.77. The van der Waals surface area contributed by atoms with Crippen LogP contribution in [-0.4, -0.2) is 42.1 Å². The van der Waals surface area contributed by atoms with Gasteiger partial charge in [0.2, 0.25) is 0 Å². The van der Waals surface area contributed by atoms with Gasteiger partial charge in [0.1, 0.15) is 5.82 Å². The molecule has 0 spiro atoms. The van der Waals surface area contributed by atoms with E-state index in [1.54, 1.807) is 13.3 Å². The van der Waals surface area contributed by atoms with Crippen LogP contribution in [0, 0.1) is 0 Å². The fourth-order valence-corrected chi connectivity index (χ4v) is 1.89. The van der Waals surface area contributed by atoms with Gasteiger partial charge in [0.15, 0.2) is 0 Å². The summed E-state index contributed by atoms with van der Waals surface area (Å²) in [5.41, 5.74) is 0. The Morgan fingerprint density at radius 3 is 3.20 bits per heavy atom. The number of nitrogens with zero attached hydrogens (tertiary/aromatic N) is 2. The third-order valence-corrected chi connectivity index (χ3v) is 2.87. The average molecular weight is 210 g/mol. The monoisotopic (exact) mass is 210 g/mol. The number of ether oxygens (including phenoxy) is 1. The van der Waals surface area contributed by atoms with E-state index in [-0.39, 0.29) is 0 Å². The zero-order valence-electron chi connectivity index (χ0n) is 9.23. The van der Waals surface area contributed by atoms with Gasteiger partial charge < -0.3 is 15.4 Å². The summed E-state index contributed by atoms with van der Waals surface area (Å²) in [6.07, 6.45) is 3.23. The average Bonchev–Trinajstić information content (AvgIpc) is 2.84.